The van der Waals surface area contributed by atoms with Gasteiger partial charge in [-0.05, 0) is 37.1 Å². The molecule has 1 aliphatic heterocycles. The van der Waals surface area contributed by atoms with Gasteiger partial charge >= 0.3 is 6.09 Å². The number of nitrogens with zero attached hydrogens (tertiary/aromatic N) is 3. The third-order valence-electron chi connectivity index (χ3n) is 4.55. The SMILES string of the molecule is CC(C)CC(C)[N+]([O-])(C(=O)O)N1CCN(c2ccc(F)cc2)CC1. The molecule has 1 heterocycles. The highest BCUT2D eigenvalue weighted by Crippen LogP contribution is 2.26. The number of benzene rings is 1. The first-order valence-corrected chi connectivity index (χ1v) is 8.34. The van der Waals surface area contributed by atoms with Crippen LogP contribution in [0.1, 0.15) is 27.2 Å². The number of quaternary nitrogens is 1. The van der Waals surface area contributed by atoms with Crippen molar-refractivity contribution in [2.45, 2.75) is 33.2 Å². The predicted octanol–water partition coefficient (Wildman–Crippen LogP) is 3.29. The second kappa shape index (κ2) is 7.46. The summed E-state index contributed by atoms with van der Waals surface area (Å²) in [5.74, 6) is -0.0349. The summed E-state index contributed by atoms with van der Waals surface area (Å²) in [6, 6.07) is 5.65. The third kappa shape index (κ3) is 3.85. The lowest BCUT2D eigenvalue weighted by Crippen LogP contribution is -2.67. The van der Waals surface area contributed by atoms with Crippen molar-refractivity contribution < 1.29 is 19.0 Å². The minimum Gasteiger partial charge on any atom is -0.601 e. The van der Waals surface area contributed by atoms with Crippen LogP contribution in [0.2, 0.25) is 0 Å². The first-order chi connectivity index (χ1) is 11.2. The van der Waals surface area contributed by atoms with E-state index in [-0.39, 0.29) is 11.7 Å². The molecule has 0 spiro atoms. The molecular weight excluding hydrogens is 313 g/mol. The molecule has 7 heteroatoms. The second-order valence-corrected chi connectivity index (χ2v) is 6.80. The first-order valence-electron chi connectivity index (χ1n) is 8.34. The highest BCUT2D eigenvalue weighted by atomic mass is 19.1. The average molecular weight is 339 g/mol. The lowest BCUT2D eigenvalue weighted by Gasteiger charge is -2.51. The Labute approximate surface area is 142 Å². The third-order valence-corrected chi connectivity index (χ3v) is 4.55. The Morgan fingerprint density at radius 2 is 1.75 bits per heavy atom. The summed E-state index contributed by atoms with van der Waals surface area (Å²) in [4.78, 5) is 13.7. The predicted molar refractivity (Wildman–Crippen MR) is 90.8 cm³/mol. The van der Waals surface area contributed by atoms with Gasteiger partial charge in [0, 0.05) is 25.2 Å². The Kier molecular flexibility index (Phi) is 5.79. The van der Waals surface area contributed by atoms with Crippen molar-refractivity contribution in [3.63, 3.8) is 0 Å². The molecule has 0 aromatic heterocycles. The fourth-order valence-electron chi connectivity index (χ4n) is 3.32. The quantitative estimate of drug-likeness (QED) is 0.659. The van der Waals surface area contributed by atoms with Gasteiger partial charge in [-0.15, -0.1) is 5.01 Å². The number of halogens is 1. The number of amides is 1. The van der Waals surface area contributed by atoms with Gasteiger partial charge in [-0.3, -0.25) is 0 Å². The van der Waals surface area contributed by atoms with Crippen LogP contribution in [0.5, 0.6) is 0 Å². The maximum Gasteiger partial charge on any atom is 0.534 e. The molecule has 6 nitrogen and oxygen atoms in total. The molecule has 1 aromatic carbocycles. The summed E-state index contributed by atoms with van der Waals surface area (Å²) in [5.41, 5.74) is 0.880. The minimum absolute atomic E-state index is 0.256. The zero-order valence-electron chi connectivity index (χ0n) is 14.5. The van der Waals surface area contributed by atoms with E-state index in [4.69, 9.17) is 0 Å². The van der Waals surface area contributed by atoms with Crippen LogP contribution in [0.15, 0.2) is 24.3 Å². The minimum atomic E-state index is -1.36. The molecule has 2 atom stereocenters. The van der Waals surface area contributed by atoms with Crippen molar-refractivity contribution in [3.05, 3.63) is 35.3 Å². The number of carbonyl (C=O) groups is 1. The van der Waals surface area contributed by atoms with E-state index in [1.54, 1.807) is 19.1 Å². The zero-order valence-corrected chi connectivity index (χ0v) is 14.5. The van der Waals surface area contributed by atoms with Gasteiger partial charge in [-0.2, -0.15) is 9.55 Å². The van der Waals surface area contributed by atoms with Crippen LogP contribution in [0.4, 0.5) is 14.9 Å². The molecule has 2 unspecified atom stereocenters. The van der Waals surface area contributed by atoms with Crippen molar-refractivity contribution in [2.24, 2.45) is 5.92 Å². The molecule has 1 amide bonds. The summed E-state index contributed by atoms with van der Waals surface area (Å²) in [7, 11) is 0. The molecule has 0 bridgehead atoms. The van der Waals surface area contributed by atoms with Gasteiger partial charge in [0.15, 0.2) is 0 Å². The summed E-state index contributed by atoms with van der Waals surface area (Å²) < 4.78 is 11.7. The van der Waals surface area contributed by atoms with E-state index >= 15 is 0 Å². The molecule has 1 fully saturated rings. The number of hydrogen-bond donors (Lipinski definition) is 1. The standard InChI is InChI=1S/C17H26FN3O3/c1-13(2)12-14(3)21(24,17(22)23)20-10-8-19(9-11-20)16-6-4-15(18)5-7-16/h4-7,13-14H,8-12H2,1-3H3,(H,22,23). The van der Waals surface area contributed by atoms with Gasteiger partial charge in [0.2, 0.25) is 0 Å². The molecule has 1 aromatic rings. The topological polar surface area (TPSA) is 66.8 Å². The second-order valence-electron chi connectivity index (χ2n) is 6.80. The monoisotopic (exact) mass is 339 g/mol. The number of hydrogen-bond acceptors (Lipinski definition) is 4. The normalized spacial score (nSPS) is 20.0. The highest BCUT2D eigenvalue weighted by Gasteiger charge is 2.42. The maximum absolute atomic E-state index is 13.1. The summed E-state index contributed by atoms with van der Waals surface area (Å²) in [6.07, 6.45) is -0.813. The molecule has 1 saturated heterocycles. The van der Waals surface area contributed by atoms with Crippen molar-refractivity contribution >= 4 is 11.8 Å². The lowest BCUT2D eigenvalue weighted by atomic mass is 10.0. The van der Waals surface area contributed by atoms with E-state index in [1.807, 2.05) is 18.7 Å². The maximum atomic E-state index is 13.1. The number of anilines is 1. The Bertz CT molecular complexity index is 559. The van der Waals surface area contributed by atoms with Gasteiger partial charge < -0.3 is 15.2 Å². The highest BCUT2D eigenvalue weighted by molar-refractivity contribution is 5.57. The van der Waals surface area contributed by atoms with Crippen molar-refractivity contribution in [1.29, 1.82) is 0 Å². The van der Waals surface area contributed by atoms with E-state index in [0.717, 1.165) is 5.69 Å². The van der Waals surface area contributed by atoms with E-state index in [0.29, 0.717) is 32.6 Å². The van der Waals surface area contributed by atoms with E-state index in [2.05, 4.69) is 0 Å². The number of carboxylic acid groups (broad SMARTS) is 1. The van der Waals surface area contributed by atoms with Crippen LogP contribution in [-0.2, 0) is 0 Å². The van der Waals surface area contributed by atoms with Gasteiger partial charge in [-0.1, -0.05) is 13.8 Å². The Balaban J connectivity index is 2.07. The fraction of sp³-hybridized carbons (Fsp3) is 0.588. The Hall–Kier alpha value is -1.70. The molecular formula is C17H26FN3O3. The van der Waals surface area contributed by atoms with Gasteiger partial charge in [-0.25, -0.2) is 4.39 Å². The van der Waals surface area contributed by atoms with E-state index in [1.165, 1.54) is 17.1 Å². The molecule has 134 valence electrons. The van der Waals surface area contributed by atoms with Gasteiger partial charge in [0.25, 0.3) is 0 Å². The van der Waals surface area contributed by atoms with Gasteiger partial charge in [0.05, 0.1) is 13.1 Å². The lowest BCUT2D eigenvalue weighted by molar-refractivity contribution is -0.950. The summed E-state index contributed by atoms with van der Waals surface area (Å²) in [6.45, 7) is 7.45. The van der Waals surface area contributed by atoms with Crippen molar-refractivity contribution in [1.82, 2.24) is 5.01 Å². The number of piperazine rings is 1. The number of hydroxylamine groups is 2. The van der Waals surface area contributed by atoms with Gasteiger partial charge in [0.1, 0.15) is 11.9 Å². The molecule has 0 radical (unpaired) electrons. The van der Waals surface area contributed by atoms with Crippen LogP contribution in [-0.4, -0.2) is 53.2 Å². The Morgan fingerprint density at radius 1 is 1.21 bits per heavy atom. The largest absolute Gasteiger partial charge is 0.601 e. The Morgan fingerprint density at radius 3 is 2.21 bits per heavy atom. The number of rotatable bonds is 5. The zero-order chi connectivity index (χ0) is 17.9. The van der Waals surface area contributed by atoms with Crippen LogP contribution in [0.25, 0.3) is 0 Å². The van der Waals surface area contributed by atoms with E-state index < -0.39 is 16.9 Å². The fourth-order valence-corrected chi connectivity index (χ4v) is 3.32. The van der Waals surface area contributed by atoms with Crippen LogP contribution in [0.3, 0.4) is 0 Å². The van der Waals surface area contributed by atoms with E-state index in [9.17, 15) is 19.5 Å². The average Bonchev–Trinajstić information content (AvgIpc) is 2.54. The van der Waals surface area contributed by atoms with Crippen LogP contribution in [0, 0.1) is 16.9 Å². The van der Waals surface area contributed by atoms with Crippen LogP contribution >= 0.6 is 0 Å². The molecule has 0 saturated carbocycles. The van der Waals surface area contributed by atoms with Crippen LogP contribution < -0.4 is 4.90 Å². The smallest absolute Gasteiger partial charge is 0.534 e. The summed E-state index contributed by atoms with van der Waals surface area (Å²) >= 11 is 0. The molecule has 0 aliphatic carbocycles. The van der Waals surface area contributed by atoms with Crippen molar-refractivity contribution in [3.8, 4) is 0 Å². The summed E-state index contributed by atoms with van der Waals surface area (Å²) in [5, 5.41) is 24.1. The molecule has 1 aliphatic rings. The molecule has 2 rings (SSSR count). The molecule has 1 N–H and O–H groups in total. The molecule has 24 heavy (non-hydrogen) atoms. The first kappa shape index (κ1) is 18.6. The van der Waals surface area contributed by atoms with Crippen molar-refractivity contribution in [2.75, 3.05) is 31.1 Å².